The van der Waals surface area contributed by atoms with Gasteiger partial charge in [-0.1, -0.05) is 23.7 Å². The van der Waals surface area contributed by atoms with E-state index in [-0.39, 0.29) is 16.5 Å². The first-order valence-corrected chi connectivity index (χ1v) is 8.51. The van der Waals surface area contributed by atoms with Gasteiger partial charge >= 0.3 is 6.61 Å². The fourth-order valence-corrected chi connectivity index (χ4v) is 2.76. The van der Waals surface area contributed by atoms with Crippen molar-refractivity contribution in [2.45, 2.75) is 6.61 Å². The zero-order chi connectivity index (χ0) is 20.1. The van der Waals surface area contributed by atoms with E-state index in [1.807, 2.05) is 0 Å². The fourth-order valence-electron chi connectivity index (χ4n) is 2.56. The Balaban J connectivity index is 1.95. The Hall–Kier alpha value is -3.19. The van der Waals surface area contributed by atoms with Crippen LogP contribution in [0.25, 0.3) is 11.1 Å². The Kier molecular flexibility index (Phi) is 6.06. The van der Waals surface area contributed by atoms with Crippen molar-refractivity contribution in [2.24, 2.45) is 0 Å². The van der Waals surface area contributed by atoms with Crippen LogP contribution >= 0.6 is 11.6 Å². The summed E-state index contributed by atoms with van der Waals surface area (Å²) < 4.78 is 35.3. The Bertz CT molecular complexity index is 981. The first kappa shape index (κ1) is 19.6. The van der Waals surface area contributed by atoms with Crippen LogP contribution in [-0.4, -0.2) is 24.6 Å². The van der Waals surface area contributed by atoms with Crippen LogP contribution in [0.4, 0.5) is 14.5 Å². The molecule has 28 heavy (non-hydrogen) atoms. The molecule has 0 bridgehead atoms. The highest BCUT2D eigenvalue weighted by atomic mass is 35.5. The third kappa shape index (κ3) is 4.55. The quantitative estimate of drug-likeness (QED) is 0.569. The van der Waals surface area contributed by atoms with E-state index >= 15 is 0 Å². The molecule has 2 aromatic carbocycles. The van der Waals surface area contributed by atoms with E-state index in [0.717, 1.165) is 0 Å². The summed E-state index contributed by atoms with van der Waals surface area (Å²) in [5.74, 6) is 0.134. The van der Waals surface area contributed by atoms with Gasteiger partial charge in [0, 0.05) is 17.4 Å². The van der Waals surface area contributed by atoms with Crippen LogP contribution in [0.2, 0.25) is 5.15 Å². The number of aromatic nitrogens is 1. The lowest BCUT2D eigenvalue weighted by Crippen LogP contribution is -2.13. The van der Waals surface area contributed by atoms with Crippen molar-refractivity contribution < 1.29 is 23.0 Å². The van der Waals surface area contributed by atoms with Gasteiger partial charge in [-0.3, -0.25) is 4.79 Å². The van der Waals surface area contributed by atoms with Crippen LogP contribution < -0.4 is 14.8 Å². The number of amides is 1. The number of pyridine rings is 1. The minimum Gasteiger partial charge on any atom is -0.497 e. The van der Waals surface area contributed by atoms with Gasteiger partial charge in [0.1, 0.15) is 16.7 Å². The lowest BCUT2D eigenvalue weighted by Gasteiger charge is -2.14. The summed E-state index contributed by atoms with van der Waals surface area (Å²) in [5, 5.41) is 2.74. The van der Waals surface area contributed by atoms with Crippen molar-refractivity contribution in [1.29, 1.82) is 0 Å². The molecule has 0 unspecified atom stereocenters. The molecule has 1 amide bonds. The number of carbonyl (C=O) groups excluding carboxylic acids is 1. The molecule has 1 aromatic heterocycles. The summed E-state index contributed by atoms with van der Waals surface area (Å²) in [7, 11) is 1.53. The maximum atomic E-state index is 12.8. The van der Waals surface area contributed by atoms with Crippen LogP contribution in [0.15, 0.2) is 60.8 Å². The van der Waals surface area contributed by atoms with Crippen molar-refractivity contribution in [3.63, 3.8) is 0 Å². The third-order valence-electron chi connectivity index (χ3n) is 3.86. The van der Waals surface area contributed by atoms with Crippen LogP contribution in [0, 0.1) is 0 Å². The molecule has 0 radical (unpaired) electrons. The van der Waals surface area contributed by atoms with Gasteiger partial charge in [0.2, 0.25) is 0 Å². The summed E-state index contributed by atoms with van der Waals surface area (Å²) in [6, 6.07) is 14.3. The smallest absolute Gasteiger partial charge is 0.387 e. The molecule has 0 saturated heterocycles. The van der Waals surface area contributed by atoms with E-state index in [4.69, 9.17) is 16.3 Å². The normalized spacial score (nSPS) is 10.6. The minimum absolute atomic E-state index is 0.0161. The summed E-state index contributed by atoms with van der Waals surface area (Å²) in [6.07, 6.45) is 1.47. The molecule has 0 fully saturated rings. The highest BCUT2D eigenvalue weighted by Gasteiger charge is 2.15. The summed E-state index contributed by atoms with van der Waals surface area (Å²) in [6.45, 7) is -2.98. The van der Waals surface area contributed by atoms with Gasteiger partial charge in [0.05, 0.1) is 12.7 Å². The predicted octanol–water partition coefficient (Wildman–Crippen LogP) is 5.26. The molecule has 0 atom stereocenters. The van der Waals surface area contributed by atoms with E-state index in [1.54, 1.807) is 36.4 Å². The molecule has 0 aliphatic carbocycles. The summed E-state index contributed by atoms with van der Waals surface area (Å²) in [4.78, 5) is 16.3. The van der Waals surface area contributed by atoms with Gasteiger partial charge in [-0.05, 0) is 48.0 Å². The van der Waals surface area contributed by atoms with E-state index in [2.05, 4.69) is 15.0 Å². The number of methoxy groups -OCH3 is 1. The van der Waals surface area contributed by atoms with Gasteiger partial charge in [0.15, 0.2) is 0 Å². The predicted molar refractivity (Wildman–Crippen MR) is 102 cm³/mol. The molecule has 5 nitrogen and oxygen atoms in total. The molecule has 0 aliphatic rings. The maximum Gasteiger partial charge on any atom is 0.387 e. The molecule has 3 aromatic rings. The van der Waals surface area contributed by atoms with Gasteiger partial charge in [-0.2, -0.15) is 8.78 Å². The van der Waals surface area contributed by atoms with Crippen molar-refractivity contribution in [2.75, 3.05) is 12.4 Å². The van der Waals surface area contributed by atoms with Gasteiger partial charge in [0.25, 0.3) is 5.91 Å². The molecule has 0 aliphatic heterocycles. The van der Waals surface area contributed by atoms with Crippen LogP contribution in [0.1, 0.15) is 10.4 Å². The van der Waals surface area contributed by atoms with E-state index in [1.165, 1.54) is 31.5 Å². The lowest BCUT2D eigenvalue weighted by molar-refractivity contribution is -0.0494. The molecule has 1 heterocycles. The van der Waals surface area contributed by atoms with E-state index in [9.17, 15) is 13.6 Å². The molecule has 1 N–H and O–H groups in total. The highest BCUT2D eigenvalue weighted by Crippen LogP contribution is 2.34. The second-order valence-corrected chi connectivity index (χ2v) is 5.97. The zero-order valence-electron chi connectivity index (χ0n) is 14.7. The number of hydrogen-bond donors (Lipinski definition) is 1. The number of carbonyl (C=O) groups is 1. The second-order valence-electron chi connectivity index (χ2n) is 5.61. The van der Waals surface area contributed by atoms with E-state index < -0.39 is 12.5 Å². The Morgan fingerprint density at radius 3 is 2.54 bits per heavy atom. The number of nitrogens with zero attached hydrogens (tertiary/aromatic N) is 1. The molecule has 0 spiro atoms. The number of halogens is 3. The second kappa shape index (κ2) is 8.67. The van der Waals surface area contributed by atoms with Crippen molar-refractivity contribution in [3.8, 4) is 22.6 Å². The standard InChI is InChI=1S/C20H15ClF2N2O3/c1-27-14-7-4-12(5-8-14)16-11-13(6-9-17(16)28-20(22)23)25-19(26)15-3-2-10-24-18(15)21/h2-11,20H,1H3,(H,25,26). The van der Waals surface area contributed by atoms with Gasteiger partial charge in [-0.15, -0.1) is 0 Å². The van der Waals surface area contributed by atoms with Crippen LogP contribution in [-0.2, 0) is 0 Å². The Morgan fingerprint density at radius 2 is 1.89 bits per heavy atom. The molecular weight excluding hydrogens is 390 g/mol. The average molecular weight is 405 g/mol. The highest BCUT2D eigenvalue weighted by molar-refractivity contribution is 6.33. The number of rotatable bonds is 6. The summed E-state index contributed by atoms with van der Waals surface area (Å²) in [5.41, 5.74) is 1.59. The number of alkyl halides is 2. The molecule has 144 valence electrons. The number of anilines is 1. The maximum absolute atomic E-state index is 12.8. The Morgan fingerprint density at radius 1 is 1.14 bits per heavy atom. The number of ether oxygens (including phenoxy) is 2. The Labute approximate surface area is 164 Å². The van der Waals surface area contributed by atoms with Crippen molar-refractivity contribution in [1.82, 2.24) is 4.98 Å². The van der Waals surface area contributed by atoms with Crippen LogP contribution in [0.5, 0.6) is 11.5 Å². The average Bonchev–Trinajstić information content (AvgIpc) is 2.69. The molecule has 8 heteroatoms. The third-order valence-corrected chi connectivity index (χ3v) is 4.16. The number of hydrogen-bond acceptors (Lipinski definition) is 4. The number of nitrogens with one attached hydrogen (secondary N) is 1. The van der Waals surface area contributed by atoms with Gasteiger partial charge in [-0.25, -0.2) is 4.98 Å². The SMILES string of the molecule is COc1ccc(-c2cc(NC(=O)c3cccnc3Cl)ccc2OC(F)F)cc1. The molecular formula is C20H15ClF2N2O3. The first-order chi connectivity index (χ1) is 13.5. The minimum atomic E-state index is -2.98. The zero-order valence-corrected chi connectivity index (χ0v) is 15.4. The first-order valence-electron chi connectivity index (χ1n) is 8.13. The van der Waals surface area contributed by atoms with Crippen LogP contribution in [0.3, 0.4) is 0 Å². The van der Waals surface area contributed by atoms with Gasteiger partial charge < -0.3 is 14.8 Å². The summed E-state index contributed by atoms with van der Waals surface area (Å²) >= 11 is 5.94. The van der Waals surface area contributed by atoms with Crippen molar-refractivity contribution in [3.05, 3.63) is 71.5 Å². The monoisotopic (exact) mass is 404 g/mol. The number of benzene rings is 2. The largest absolute Gasteiger partial charge is 0.497 e. The molecule has 0 saturated carbocycles. The van der Waals surface area contributed by atoms with E-state index in [0.29, 0.717) is 22.6 Å². The van der Waals surface area contributed by atoms with Crippen molar-refractivity contribution >= 4 is 23.2 Å². The fraction of sp³-hybridized carbons (Fsp3) is 0.100. The molecule has 3 rings (SSSR count). The lowest BCUT2D eigenvalue weighted by atomic mass is 10.0. The topological polar surface area (TPSA) is 60.5 Å².